The summed E-state index contributed by atoms with van der Waals surface area (Å²) in [5, 5.41) is 0. The monoisotopic (exact) mass is 280 g/mol. The molecule has 4 aliphatic rings. The first-order valence-corrected chi connectivity index (χ1v) is 8.55. The molecule has 1 heteroatoms. The van der Waals surface area contributed by atoms with E-state index < -0.39 is 0 Å². The SMILES string of the molecule is C#C[C@H]1CC[C@H]2[C@@H]3CCC4=CC(=O)CCC4=C3CC[C@]12C. The van der Waals surface area contributed by atoms with Crippen molar-refractivity contribution >= 4 is 5.78 Å². The Balaban J connectivity index is 1.73. The van der Waals surface area contributed by atoms with Gasteiger partial charge in [-0.1, -0.05) is 12.5 Å². The molecule has 4 rings (SSSR count). The summed E-state index contributed by atoms with van der Waals surface area (Å²) < 4.78 is 0. The summed E-state index contributed by atoms with van der Waals surface area (Å²) in [5.41, 5.74) is 5.01. The molecule has 2 fully saturated rings. The number of rotatable bonds is 0. The smallest absolute Gasteiger partial charge is 0.156 e. The van der Waals surface area contributed by atoms with Crippen LogP contribution >= 0.6 is 0 Å². The van der Waals surface area contributed by atoms with Crippen molar-refractivity contribution in [3.05, 3.63) is 22.8 Å². The summed E-state index contributed by atoms with van der Waals surface area (Å²) in [6.07, 6.45) is 16.8. The van der Waals surface area contributed by atoms with Crippen LogP contribution in [0.5, 0.6) is 0 Å². The van der Waals surface area contributed by atoms with Gasteiger partial charge in [0.25, 0.3) is 0 Å². The van der Waals surface area contributed by atoms with Crippen LogP contribution in [-0.4, -0.2) is 5.78 Å². The Labute approximate surface area is 127 Å². The molecule has 2 saturated carbocycles. The van der Waals surface area contributed by atoms with E-state index in [1.54, 1.807) is 11.1 Å². The van der Waals surface area contributed by atoms with Crippen molar-refractivity contribution in [3.8, 4) is 12.3 Å². The predicted molar refractivity (Wildman–Crippen MR) is 84.5 cm³/mol. The van der Waals surface area contributed by atoms with Gasteiger partial charge in [-0.05, 0) is 79.4 Å². The highest BCUT2D eigenvalue weighted by molar-refractivity contribution is 5.93. The first kappa shape index (κ1) is 13.4. The van der Waals surface area contributed by atoms with Crippen LogP contribution in [0.2, 0.25) is 0 Å². The zero-order valence-corrected chi connectivity index (χ0v) is 13.0. The van der Waals surface area contributed by atoms with Crippen LogP contribution in [0.15, 0.2) is 22.8 Å². The molecule has 0 spiro atoms. The Hall–Kier alpha value is -1.29. The molecule has 21 heavy (non-hydrogen) atoms. The average molecular weight is 280 g/mol. The van der Waals surface area contributed by atoms with Crippen molar-refractivity contribution in [2.24, 2.45) is 23.2 Å². The van der Waals surface area contributed by atoms with Crippen molar-refractivity contribution in [1.82, 2.24) is 0 Å². The molecule has 0 saturated heterocycles. The van der Waals surface area contributed by atoms with Gasteiger partial charge in [0, 0.05) is 12.3 Å². The second kappa shape index (κ2) is 4.60. The number of allylic oxidation sites excluding steroid dienone is 4. The van der Waals surface area contributed by atoms with E-state index >= 15 is 0 Å². The molecule has 4 atom stereocenters. The lowest BCUT2D eigenvalue weighted by Crippen LogP contribution is -2.39. The van der Waals surface area contributed by atoms with E-state index in [0.717, 1.165) is 31.1 Å². The molecule has 0 amide bonds. The molecule has 0 heterocycles. The minimum absolute atomic E-state index is 0.335. The third-order valence-electron chi connectivity index (χ3n) is 6.93. The largest absolute Gasteiger partial charge is 0.295 e. The van der Waals surface area contributed by atoms with Gasteiger partial charge in [-0.3, -0.25) is 4.79 Å². The zero-order valence-electron chi connectivity index (χ0n) is 13.0. The highest BCUT2D eigenvalue weighted by Crippen LogP contribution is 2.61. The Morgan fingerprint density at radius 1 is 1.19 bits per heavy atom. The molecule has 0 aromatic heterocycles. The summed E-state index contributed by atoms with van der Waals surface area (Å²) >= 11 is 0. The summed E-state index contributed by atoms with van der Waals surface area (Å²) in [6.45, 7) is 2.45. The summed E-state index contributed by atoms with van der Waals surface area (Å²) in [6, 6.07) is 0. The average Bonchev–Trinajstić information content (AvgIpc) is 2.83. The standard InChI is InChI=1S/C20H24O/c1-3-14-5-9-19-18-7-4-13-12-15(21)6-8-16(13)17(18)10-11-20(14,19)2/h1,12,14,18-19H,4-11H2,2H3/t14-,18+,19-,20+/m0/s1. The number of carbonyl (C=O) groups is 1. The normalized spacial score (nSPS) is 41.8. The van der Waals surface area contributed by atoms with Crippen LogP contribution in [0.1, 0.15) is 58.3 Å². The summed E-state index contributed by atoms with van der Waals surface area (Å²) in [7, 11) is 0. The maximum absolute atomic E-state index is 11.7. The number of carbonyl (C=O) groups excluding carboxylic acids is 1. The number of hydrogen-bond acceptors (Lipinski definition) is 1. The molecule has 4 aliphatic carbocycles. The molecule has 0 N–H and O–H groups in total. The molecular weight excluding hydrogens is 256 g/mol. The van der Waals surface area contributed by atoms with Gasteiger partial charge in [0.05, 0.1) is 0 Å². The minimum Gasteiger partial charge on any atom is -0.295 e. The zero-order chi connectivity index (χ0) is 14.6. The fourth-order valence-corrected chi connectivity index (χ4v) is 5.80. The Morgan fingerprint density at radius 2 is 2.05 bits per heavy atom. The van der Waals surface area contributed by atoms with Crippen molar-refractivity contribution in [3.63, 3.8) is 0 Å². The number of fused-ring (bicyclic) bond motifs is 4. The minimum atomic E-state index is 0.335. The number of ketones is 1. The molecule has 0 aromatic carbocycles. The van der Waals surface area contributed by atoms with Gasteiger partial charge in [0.1, 0.15) is 0 Å². The fraction of sp³-hybridized carbons (Fsp3) is 0.650. The molecule has 0 radical (unpaired) electrons. The van der Waals surface area contributed by atoms with Gasteiger partial charge in [-0.15, -0.1) is 12.3 Å². The van der Waals surface area contributed by atoms with Gasteiger partial charge < -0.3 is 0 Å². The van der Waals surface area contributed by atoms with Gasteiger partial charge >= 0.3 is 0 Å². The lowest BCUT2D eigenvalue weighted by molar-refractivity contribution is -0.114. The van der Waals surface area contributed by atoms with Crippen molar-refractivity contribution < 1.29 is 4.79 Å². The Kier molecular flexibility index (Phi) is 2.93. The van der Waals surface area contributed by atoms with Crippen LogP contribution in [0.3, 0.4) is 0 Å². The van der Waals surface area contributed by atoms with Gasteiger partial charge in [0.15, 0.2) is 5.78 Å². The van der Waals surface area contributed by atoms with Crippen LogP contribution in [0.25, 0.3) is 0 Å². The lowest BCUT2D eigenvalue weighted by Gasteiger charge is -2.48. The van der Waals surface area contributed by atoms with Crippen LogP contribution in [0.4, 0.5) is 0 Å². The summed E-state index contributed by atoms with van der Waals surface area (Å²) in [5.74, 6) is 5.45. The van der Waals surface area contributed by atoms with Gasteiger partial charge in [-0.2, -0.15) is 0 Å². The van der Waals surface area contributed by atoms with E-state index in [1.165, 1.54) is 37.7 Å². The molecule has 1 nitrogen and oxygen atoms in total. The van der Waals surface area contributed by atoms with Gasteiger partial charge in [0.2, 0.25) is 0 Å². The lowest BCUT2D eigenvalue weighted by atomic mass is 9.56. The van der Waals surface area contributed by atoms with Crippen LogP contribution in [-0.2, 0) is 4.79 Å². The molecule has 0 aromatic rings. The molecule has 110 valence electrons. The Bertz CT molecular complexity index is 600. The second-order valence-corrected chi connectivity index (χ2v) is 7.69. The maximum atomic E-state index is 11.7. The highest BCUT2D eigenvalue weighted by atomic mass is 16.1. The molecular formula is C20H24O. The molecule has 0 bridgehead atoms. The van der Waals surface area contributed by atoms with E-state index in [1.807, 2.05) is 6.08 Å². The highest BCUT2D eigenvalue weighted by Gasteiger charge is 2.53. The van der Waals surface area contributed by atoms with Crippen molar-refractivity contribution in [1.29, 1.82) is 0 Å². The molecule has 0 unspecified atom stereocenters. The number of hydrogen-bond donors (Lipinski definition) is 0. The van der Waals surface area contributed by atoms with Gasteiger partial charge in [-0.25, -0.2) is 0 Å². The van der Waals surface area contributed by atoms with Crippen LogP contribution < -0.4 is 0 Å². The first-order chi connectivity index (χ1) is 10.1. The third kappa shape index (κ3) is 1.81. The third-order valence-corrected chi connectivity index (χ3v) is 6.93. The van der Waals surface area contributed by atoms with E-state index in [4.69, 9.17) is 6.42 Å². The summed E-state index contributed by atoms with van der Waals surface area (Å²) in [4.78, 5) is 11.7. The fourth-order valence-electron chi connectivity index (χ4n) is 5.80. The van der Waals surface area contributed by atoms with Crippen molar-refractivity contribution in [2.75, 3.05) is 0 Å². The molecule has 0 aliphatic heterocycles. The second-order valence-electron chi connectivity index (χ2n) is 7.69. The van der Waals surface area contributed by atoms with E-state index in [9.17, 15) is 4.79 Å². The Morgan fingerprint density at radius 3 is 2.86 bits per heavy atom. The predicted octanol–water partition coefficient (Wildman–Crippen LogP) is 4.44. The van der Waals surface area contributed by atoms with E-state index in [-0.39, 0.29) is 0 Å². The first-order valence-electron chi connectivity index (χ1n) is 8.55. The maximum Gasteiger partial charge on any atom is 0.156 e. The van der Waals surface area contributed by atoms with Crippen LogP contribution in [0, 0.1) is 35.5 Å². The number of terminal acetylenes is 1. The van der Waals surface area contributed by atoms with Crippen molar-refractivity contribution in [2.45, 2.75) is 58.3 Å². The topological polar surface area (TPSA) is 17.1 Å². The quantitative estimate of drug-likeness (QED) is 0.599. The van der Waals surface area contributed by atoms with E-state index in [2.05, 4.69) is 12.8 Å². The van der Waals surface area contributed by atoms with E-state index in [0.29, 0.717) is 17.1 Å².